The Bertz CT molecular complexity index is 1400. The molecule has 0 saturated carbocycles. The van der Waals surface area contributed by atoms with Crippen LogP contribution < -0.4 is 0 Å². The fourth-order valence-corrected chi connectivity index (χ4v) is 5.89. The van der Waals surface area contributed by atoms with Gasteiger partial charge in [-0.1, -0.05) is 36.1 Å². The van der Waals surface area contributed by atoms with Crippen LogP contribution in [0.1, 0.15) is 113 Å². The van der Waals surface area contributed by atoms with Crippen LogP contribution in [0.5, 0.6) is 0 Å². The standard InChI is InChI=1S/C43H69F13O14.3CH4/c1-3-33(35(58)59)31-34(30-32(2)36(60)70-29-12-38(44,45)39(46,47)40(48,49)41(50,51)42(52,53)43(54,55)56)37(61)69-28-11-27-68-26-10-25-67-24-9-23-66-22-8-21-65-20-7-19-64-18-6-17-63-16-5-15-62-14-4-13-57;;;/h32-34,57H,3-31H2,1-2H3,(H,58,59);3*1H4. The maximum Gasteiger partial charge on any atom is 0.460 e. The van der Waals surface area contributed by atoms with Crippen LogP contribution in [0.4, 0.5) is 57.1 Å². The Morgan fingerprint density at radius 2 is 0.740 bits per heavy atom. The molecule has 0 aliphatic heterocycles. The van der Waals surface area contributed by atoms with Gasteiger partial charge in [0.1, 0.15) is 0 Å². The molecule has 0 rings (SSSR count). The zero-order valence-corrected chi connectivity index (χ0v) is 39.4. The molecular weight excluding hydrogens is 1020 g/mol. The molecule has 2 N–H and O–H groups in total. The number of rotatable bonds is 46. The lowest BCUT2D eigenvalue weighted by Gasteiger charge is -2.39. The van der Waals surface area contributed by atoms with Crippen molar-refractivity contribution in [2.24, 2.45) is 17.8 Å². The molecule has 0 bridgehead atoms. The van der Waals surface area contributed by atoms with Crippen molar-refractivity contribution in [1.29, 1.82) is 0 Å². The first-order chi connectivity index (χ1) is 32.8. The molecule has 0 amide bonds. The van der Waals surface area contributed by atoms with Gasteiger partial charge in [-0.05, 0) is 64.2 Å². The first kappa shape index (κ1) is 76.7. The fourth-order valence-electron chi connectivity index (χ4n) is 5.89. The van der Waals surface area contributed by atoms with Crippen molar-refractivity contribution in [3.63, 3.8) is 0 Å². The molecule has 0 aromatic carbocycles. The monoisotopic (exact) mass is 1100 g/mol. The molecule has 27 heteroatoms. The van der Waals surface area contributed by atoms with E-state index in [9.17, 15) is 76.6 Å². The second kappa shape index (κ2) is 40.4. The molecule has 0 radical (unpaired) electrons. The highest BCUT2D eigenvalue weighted by Crippen LogP contribution is 2.60. The van der Waals surface area contributed by atoms with Crippen LogP contribution in [0.2, 0.25) is 0 Å². The van der Waals surface area contributed by atoms with Gasteiger partial charge in [0.05, 0.1) is 37.4 Å². The van der Waals surface area contributed by atoms with Crippen molar-refractivity contribution in [3.05, 3.63) is 0 Å². The Morgan fingerprint density at radius 3 is 1.05 bits per heavy atom. The number of ether oxygens (including phenoxy) is 9. The van der Waals surface area contributed by atoms with E-state index in [-0.39, 0.29) is 54.9 Å². The van der Waals surface area contributed by atoms with Crippen LogP contribution in [0, 0.1) is 17.8 Å². The average Bonchev–Trinajstić information content (AvgIpc) is 3.28. The average molecular weight is 1110 g/mol. The molecule has 73 heavy (non-hydrogen) atoms. The number of hydrogen-bond acceptors (Lipinski definition) is 13. The molecule has 14 nitrogen and oxygen atoms in total. The summed E-state index contributed by atoms with van der Waals surface area (Å²) in [6.45, 7) is 7.48. The van der Waals surface area contributed by atoms with Crippen molar-refractivity contribution >= 4 is 17.9 Å². The topological polar surface area (TPSA) is 175 Å². The molecule has 0 aromatic rings. The smallest absolute Gasteiger partial charge is 0.460 e. The number of esters is 2. The summed E-state index contributed by atoms with van der Waals surface area (Å²) in [7, 11) is 0. The third-order valence-electron chi connectivity index (χ3n) is 10.0. The third kappa shape index (κ3) is 28.8. The van der Waals surface area contributed by atoms with Gasteiger partial charge in [0.25, 0.3) is 0 Å². The molecule has 3 unspecified atom stereocenters. The van der Waals surface area contributed by atoms with Gasteiger partial charge in [-0.3, -0.25) is 14.4 Å². The van der Waals surface area contributed by atoms with E-state index in [0.29, 0.717) is 105 Å². The van der Waals surface area contributed by atoms with Gasteiger partial charge in [-0.15, -0.1) is 0 Å². The Hall–Kier alpha value is -2.82. The molecule has 0 fully saturated rings. The van der Waals surface area contributed by atoms with Gasteiger partial charge in [0.2, 0.25) is 0 Å². The molecule has 0 aromatic heterocycles. The number of alkyl halides is 13. The minimum atomic E-state index is -8.07. The Morgan fingerprint density at radius 1 is 0.425 bits per heavy atom. The van der Waals surface area contributed by atoms with Gasteiger partial charge >= 0.3 is 53.7 Å². The molecule has 3 atom stereocenters. The van der Waals surface area contributed by atoms with Crippen molar-refractivity contribution in [2.45, 2.75) is 149 Å². The highest BCUT2D eigenvalue weighted by atomic mass is 19.4. The van der Waals surface area contributed by atoms with E-state index < -0.39 is 97.3 Å². The summed E-state index contributed by atoms with van der Waals surface area (Å²) in [6.07, 6.45) is -6.18. The molecule has 0 aliphatic rings. The van der Waals surface area contributed by atoms with Crippen molar-refractivity contribution in [2.75, 3.05) is 112 Å². The van der Waals surface area contributed by atoms with Gasteiger partial charge in [0.15, 0.2) is 0 Å². The molecule has 440 valence electrons. The van der Waals surface area contributed by atoms with Crippen LogP contribution in [0.3, 0.4) is 0 Å². The number of aliphatic carboxylic acids is 1. The minimum Gasteiger partial charge on any atom is -0.481 e. The molecule has 0 spiro atoms. The molecular formula is C46H81F13O14. The Balaban J connectivity index is -0.00000793. The van der Waals surface area contributed by atoms with Gasteiger partial charge < -0.3 is 52.8 Å². The lowest BCUT2D eigenvalue weighted by atomic mass is 9.86. The molecule has 0 aliphatic carbocycles. The number of hydrogen-bond donors (Lipinski definition) is 2. The van der Waals surface area contributed by atoms with E-state index in [1.54, 1.807) is 0 Å². The summed E-state index contributed by atoms with van der Waals surface area (Å²) < 4.78 is 222. The number of aliphatic hydroxyl groups excluding tert-OH is 1. The van der Waals surface area contributed by atoms with Crippen LogP contribution in [-0.4, -0.2) is 176 Å². The number of carboxylic acids is 1. The summed E-state index contributed by atoms with van der Waals surface area (Å²) in [5, 5.41) is 18.1. The maximum absolute atomic E-state index is 14.1. The second-order valence-electron chi connectivity index (χ2n) is 15.9. The van der Waals surface area contributed by atoms with E-state index in [1.165, 1.54) is 6.92 Å². The first-order valence-electron chi connectivity index (χ1n) is 22.9. The molecule has 0 heterocycles. The largest absolute Gasteiger partial charge is 0.481 e. The SMILES string of the molecule is C.C.C.CCC(CC(CC(C)C(=O)OCCC(F)(F)C(F)(F)C(F)(F)C(F)(F)C(F)(F)C(F)(F)F)C(=O)OCCCOCCCOCCCOCCCOCCCOCCCOCCCOCCCO)C(=O)O. The number of halogens is 13. The van der Waals surface area contributed by atoms with Gasteiger partial charge in [-0.25, -0.2) is 0 Å². The number of carbonyl (C=O) groups is 3. The van der Waals surface area contributed by atoms with E-state index in [1.807, 2.05) is 0 Å². The minimum absolute atomic E-state index is 0. The van der Waals surface area contributed by atoms with Gasteiger partial charge in [0, 0.05) is 106 Å². The van der Waals surface area contributed by atoms with Crippen molar-refractivity contribution < 1.29 is 124 Å². The van der Waals surface area contributed by atoms with E-state index in [0.717, 1.165) is 32.6 Å². The number of aliphatic hydroxyl groups is 1. The summed E-state index contributed by atoms with van der Waals surface area (Å²) in [4.78, 5) is 37.0. The van der Waals surface area contributed by atoms with E-state index in [4.69, 9.17) is 43.0 Å². The highest BCUT2D eigenvalue weighted by Gasteiger charge is 2.90. The van der Waals surface area contributed by atoms with Crippen LogP contribution in [0.25, 0.3) is 0 Å². The van der Waals surface area contributed by atoms with Crippen molar-refractivity contribution in [1.82, 2.24) is 0 Å². The predicted octanol–water partition coefficient (Wildman–Crippen LogP) is 10.5. The lowest BCUT2D eigenvalue weighted by molar-refractivity contribution is -0.440. The Labute approximate surface area is 420 Å². The summed E-state index contributed by atoms with van der Waals surface area (Å²) in [6, 6.07) is 0. The lowest BCUT2D eigenvalue weighted by Crippen LogP contribution is -2.70. The Kier molecular flexibility index (Phi) is 42.5. The van der Waals surface area contributed by atoms with Crippen LogP contribution >= 0.6 is 0 Å². The van der Waals surface area contributed by atoms with Gasteiger partial charge in [-0.2, -0.15) is 57.1 Å². The predicted molar refractivity (Wildman–Crippen MR) is 241 cm³/mol. The highest BCUT2D eigenvalue weighted by molar-refractivity contribution is 5.77. The van der Waals surface area contributed by atoms with E-state index in [2.05, 4.69) is 4.74 Å². The van der Waals surface area contributed by atoms with Crippen LogP contribution in [0.15, 0.2) is 0 Å². The summed E-state index contributed by atoms with van der Waals surface area (Å²) in [5.41, 5.74) is 0. The number of carbonyl (C=O) groups excluding carboxylic acids is 2. The van der Waals surface area contributed by atoms with Crippen molar-refractivity contribution in [3.8, 4) is 0 Å². The zero-order valence-electron chi connectivity index (χ0n) is 39.4. The quantitative estimate of drug-likeness (QED) is 0.0335. The first-order valence-corrected chi connectivity index (χ1v) is 22.9. The van der Waals surface area contributed by atoms with E-state index >= 15 is 0 Å². The summed E-state index contributed by atoms with van der Waals surface area (Å²) in [5.74, 6) is -45.9. The molecule has 0 saturated heterocycles. The maximum atomic E-state index is 14.1. The normalized spacial score (nSPS) is 13.8. The second-order valence-corrected chi connectivity index (χ2v) is 15.9. The van der Waals surface area contributed by atoms with Crippen LogP contribution in [-0.2, 0) is 57.0 Å². The third-order valence-corrected chi connectivity index (χ3v) is 10.0. The number of carboxylic acid groups (broad SMARTS) is 1. The summed E-state index contributed by atoms with van der Waals surface area (Å²) >= 11 is 0. The fraction of sp³-hybridized carbons (Fsp3) is 0.935. The zero-order chi connectivity index (χ0) is 53.3.